The zero-order valence-electron chi connectivity index (χ0n) is 7.13. The molecule has 0 aromatic carbocycles. The molecule has 14 heavy (non-hydrogen) atoms. The minimum atomic E-state index is -3.03. The van der Waals surface area contributed by atoms with E-state index >= 15 is 0 Å². The molecule has 0 unspecified atom stereocenters. The molecule has 0 saturated carbocycles. The van der Waals surface area contributed by atoms with Crippen LogP contribution in [0, 0.1) is 6.92 Å². The summed E-state index contributed by atoms with van der Waals surface area (Å²) >= 11 is 5.51. The van der Waals surface area contributed by atoms with Gasteiger partial charge < -0.3 is 4.74 Å². The molecule has 0 saturated heterocycles. The van der Waals surface area contributed by atoms with E-state index < -0.39 is 12.5 Å². The van der Waals surface area contributed by atoms with Crippen LogP contribution >= 0.6 is 11.6 Å². The zero-order chi connectivity index (χ0) is 10.7. The summed E-state index contributed by atoms with van der Waals surface area (Å²) in [7, 11) is 0. The Morgan fingerprint density at radius 3 is 2.79 bits per heavy atom. The quantitative estimate of drug-likeness (QED) is 0.581. The van der Waals surface area contributed by atoms with Crippen molar-refractivity contribution in [2.24, 2.45) is 0 Å². The van der Waals surface area contributed by atoms with Gasteiger partial charge >= 0.3 is 6.61 Å². The summed E-state index contributed by atoms with van der Waals surface area (Å²) in [6, 6.07) is 1.39. The number of ether oxygens (including phenoxy) is 1. The summed E-state index contributed by atoms with van der Waals surface area (Å²) in [5.74, 6) is -0.444. The fraction of sp³-hybridized carbons (Fsp3) is 0.250. The van der Waals surface area contributed by atoms with Crippen molar-refractivity contribution in [1.29, 1.82) is 0 Å². The van der Waals surface area contributed by atoms with Crippen molar-refractivity contribution >= 4 is 17.9 Å². The summed E-state index contributed by atoms with van der Waals surface area (Å²) in [4.78, 5) is 14.0. The maximum atomic E-state index is 11.9. The Labute approximate surface area is 83.7 Å². The van der Waals surface area contributed by atoms with Crippen LogP contribution in [0.4, 0.5) is 8.78 Å². The largest absolute Gasteiger partial charge is 0.416 e. The van der Waals surface area contributed by atoms with Gasteiger partial charge in [-0.1, -0.05) is 11.6 Å². The second-order valence-corrected chi connectivity index (χ2v) is 2.86. The van der Waals surface area contributed by atoms with Crippen molar-refractivity contribution in [3.63, 3.8) is 0 Å². The fourth-order valence-corrected chi connectivity index (χ4v) is 1.17. The standard InChI is InChI=1S/C8H6ClF2NO2/c1-4-2-6(9)12-7(5(4)3-13)14-8(10)11/h2-3,8H,1H3. The average molecular weight is 222 g/mol. The fourth-order valence-electron chi connectivity index (χ4n) is 0.932. The molecule has 0 fully saturated rings. The summed E-state index contributed by atoms with van der Waals surface area (Å²) in [6.45, 7) is -1.48. The predicted molar refractivity (Wildman–Crippen MR) is 46.0 cm³/mol. The number of alkyl halides is 2. The molecular weight excluding hydrogens is 216 g/mol. The van der Waals surface area contributed by atoms with Crippen LogP contribution in [-0.4, -0.2) is 17.9 Å². The van der Waals surface area contributed by atoms with Crippen molar-refractivity contribution in [2.75, 3.05) is 0 Å². The van der Waals surface area contributed by atoms with Crippen LogP contribution in [0.15, 0.2) is 6.07 Å². The molecule has 6 heteroatoms. The number of aldehydes is 1. The summed E-state index contributed by atoms with van der Waals surface area (Å²) in [6.07, 6.45) is 0.399. The molecule has 0 N–H and O–H groups in total. The van der Waals surface area contributed by atoms with Crippen molar-refractivity contribution in [1.82, 2.24) is 4.98 Å². The van der Waals surface area contributed by atoms with Gasteiger partial charge in [-0.2, -0.15) is 8.78 Å². The molecule has 0 atom stereocenters. The smallest absolute Gasteiger partial charge is 0.388 e. The molecular formula is C8H6ClF2NO2. The molecule has 0 bridgehead atoms. The van der Waals surface area contributed by atoms with Crippen LogP contribution in [0.3, 0.4) is 0 Å². The van der Waals surface area contributed by atoms with Crippen LogP contribution < -0.4 is 4.74 Å². The van der Waals surface area contributed by atoms with E-state index in [1.165, 1.54) is 6.07 Å². The van der Waals surface area contributed by atoms with Crippen LogP contribution in [0.1, 0.15) is 15.9 Å². The number of aromatic nitrogens is 1. The van der Waals surface area contributed by atoms with Gasteiger partial charge in [0.2, 0.25) is 5.88 Å². The molecule has 0 aliphatic heterocycles. The van der Waals surface area contributed by atoms with E-state index in [9.17, 15) is 13.6 Å². The molecule has 3 nitrogen and oxygen atoms in total. The molecule has 1 aromatic rings. The number of hydrogen-bond donors (Lipinski definition) is 0. The van der Waals surface area contributed by atoms with Crippen LogP contribution in [0.25, 0.3) is 0 Å². The predicted octanol–water partition coefficient (Wildman–Crippen LogP) is 2.46. The Bertz CT molecular complexity index is 357. The maximum Gasteiger partial charge on any atom is 0.388 e. The average Bonchev–Trinajstić information content (AvgIpc) is 2.01. The third-order valence-electron chi connectivity index (χ3n) is 1.52. The Balaban J connectivity index is 3.17. The van der Waals surface area contributed by atoms with Gasteiger partial charge in [-0.3, -0.25) is 4.79 Å². The Kier molecular flexibility index (Phi) is 3.35. The van der Waals surface area contributed by atoms with Gasteiger partial charge in [0.05, 0.1) is 5.56 Å². The monoisotopic (exact) mass is 221 g/mol. The number of carbonyl (C=O) groups is 1. The lowest BCUT2D eigenvalue weighted by atomic mass is 10.2. The van der Waals surface area contributed by atoms with E-state index in [0.717, 1.165) is 0 Å². The van der Waals surface area contributed by atoms with Gasteiger partial charge in [-0.25, -0.2) is 4.98 Å². The van der Waals surface area contributed by atoms with E-state index in [4.69, 9.17) is 11.6 Å². The van der Waals surface area contributed by atoms with Gasteiger partial charge in [-0.15, -0.1) is 0 Å². The lowest BCUT2D eigenvalue weighted by Crippen LogP contribution is -2.07. The second kappa shape index (κ2) is 4.32. The topological polar surface area (TPSA) is 39.2 Å². The molecule has 1 aromatic heterocycles. The molecule has 0 amide bonds. The van der Waals surface area contributed by atoms with Gasteiger partial charge in [0.15, 0.2) is 6.29 Å². The van der Waals surface area contributed by atoms with E-state index in [1.54, 1.807) is 6.92 Å². The third-order valence-corrected chi connectivity index (χ3v) is 1.71. The van der Waals surface area contributed by atoms with Crippen LogP contribution in [0.2, 0.25) is 5.15 Å². The SMILES string of the molecule is Cc1cc(Cl)nc(OC(F)F)c1C=O. The first-order valence-corrected chi connectivity index (χ1v) is 3.99. The molecule has 1 heterocycles. The van der Waals surface area contributed by atoms with Gasteiger partial charge in [0.25, 0.3) is 0 Å². The van der Waals surface area contributed by atoms with Gasteiger partial charge in [0.1, 0.15) is 5.15 Å². The third kappa shape index (κ3) is 2.38. The van der Waals surface area contributed by atoms with Crippen molar-refractivity contribution in [3.8, 4) is 5.88 Å². The van der Waals surface area contributed by atoms with Gasteiger partial charge in [0, 0.05) is 0 Å². The van der Waals surface area contributed by atoms with E-state index in [2.05, 4.69) is 9.72 Å². The van der Waals surface area contributed by atoms with Crippen LogP contribution in [-0.2, 0) is 0 Å². The summed E-state index contributed by atoms with van der Waals surface area (Å²) in [5, 5.41) is 0.00347. The van der Waals surface area contributed by atoms with Crippen molar-refractivity contribution < 1.29 is 18.3 Å². The molecule has 0 radical (unpaired) electrons. The van der Waals surface area contributed by atoms with Crippen molar-refractivity contribution in [3.05, 3.63) is 22.3 Å². The lowest BCUT2D eigenvalue weighted by molar-refractivity contribution is -0.0530. The Morgan fingerprint density at radius 1 is 1.64 bits per heavy atom. The zero-order valence-corrected chi connectivity index (χ0v) is 7.89. The Morgan fingerprint density at radius 2 is 2.29 bits per heavy atom. The minimum absolute atomic E-state index is 0.00347. The first-order valence-electron chi connectivity index (χ1n) is 3.61. The number of carbonyl (C=O) groups excluding carboxylic acids is 1. The first-order chi connectivity index (χ1) is 6.54. The second-order valence-electron chi connectivity index (χ2n) is 2.48. The lowest BCUT2D eigenvalue weighted by Gasteiger charge is -2.07. The number of nitrogens with zero attached hydrogens (tertiary/aromatic N) is 1. The van der Waals surface area contributed by atoms with Crippen LogP contribution in [0.5, 0.6) is 5.88 Å². The summed E-state index contributed by atoms with van der Waals surface area (Å²) in [5.41, 5.74) is 0.422. The normalized spacial score (nSPS) is 10.4. The van der Waals surface area contributed by atoms with E-state index in [1.807, 2.05) is 0 Å². The maximum absolute atomic E-state index is 11.9. The van der Waals surface area contributed by atoms with E-state index in [0.29, 0.717) is 11.8 Å². The Hall–Kier alpha value is -1.23. The highest BCUT2D eigenvalue weighted by Crippen LogP contribution is 2.22. The summed E-state index contributed by atoms with van der Waals surface area (Å²) < 4.78 is 27.8. The number of rotatable bonds is 3. The first kappa shape index (κ1) is 10.8. The van der Waals surface area contributed by atoms with Crippen molar-refractivity contribution in [2.45, 2.75) is 13.5 Å². The minimum Gasteiger partial charge on any atom is -0.416 e. The van der Waals surface area contributed by atoms with Gasteiger partial charge in [-0.05, 0) is 18.6 Å². The molecule has 0 aliphatic rings. The molecule has 1 rings (SSSR count). The molecule has 0 spiro atoms. The highest BCUT2D eigenvalue weighted by molar-refractivity contribution is 6.29. The number of hydrogen-bond acceptors (Lipinski definition) is 3. The highest BCUT2D eigenvalue weighted by Gasteiger charge is 2.14. The number of aryl methyl sites for hydroxylation is 1. The number of pyridine rings is 1. The highest BCUT2D eigenvalue weighted by atomic mass is 35.5. The van der Waals surface area contributed by atoms with E-state index in [-0.39, 0.29) is 10.7 Å². The molecule has 76 valence electrons. The molecule has 0 aliphatic carbocycles. The number of halogens is 3.